The summed E-state index contributed by atoms with van der Waals surface area (Å²) in [6.45, 7) is 26.7. The first-order chi connectivity index (χ1) is 35.0. The molecule has 0 saturated heterocycles. The molecule has 3 N–H and O–H groups in total. The molecule has 0 aliphatic carbocycles. The Balaban J connectivity index is 0.0000101. The molecule has 2 aliphatic heterocycles. The number of nitrogens with one attached hydrogen (secondary N) is 3. The molecule has 11 heteroatoms. The molecule has 0 radical (unpaired) electrons. The van der Waals surface area contributed by atoms with Gasteiger partial charge in [-0.2, -0.15) is 0 Å². The fourth-order valence-corrected chi connectivity index (χ4v) is 10.8. The van der Waals surface area contributed by atoms with Crippen LogP contribution in [0.5, 0.6) is 0 Å². The Morgan fingerprint density at radius 2 is 1.47 bits per heavy atom. The summed E-state index contributed by atoms with van der Waals surface area (Å²) in [4.78, 5) is 59.9. The minimum Gasteiger partial charge on any atom is -0.469 e. The zero-order chi connectivity index (χ0) is 52.8. The quantitative estimate of drug-likeness (QED) is 0.0341. The number of carbonyl (C=O) groups is 3. The van der Waals surface area contributed by atoms with Crippen LogP contribution in [0.15, 0.2) is 66.8 Å². The molecule has 6 rings (SSSR count). The molecule has 4 aromatic rings. The van der Waals surface area contributed by atoms with Crippen LogP contribution >= 0.6 is 0 Å². The molecule has 0 saturated carbocycles. The first-order valence-electron chi connectivity index (χ1n) is 27.3. The molecular formula is C63H85MgN5O5+2. The van der Waals surface area contributed by atoms with Crippen molar-refractivity contribution >= 4 is 80.2 Å². The average Bonchev–Trinajstić information content (AvgIpc) is 4.05. The number of aromatic nitrogens is 4. The van der Waals surface area contributed by atoms with Gasteiger partial charge in [0.05, 0.1) is 36.2 Å². The Labute approximate surface area is 458 Å². The summed E-state index contributed by atoms with van der Waals surface area (Å²) in [5.41, 5.74) is 14.2. The number of carbonyl (C=O) groups excluding carboxylic acids is 3. The third-order valence-corrected chi connectivity index (χ3v) is 15.5. The largest absolute Gasteiger partial charge is 2.00 e. The Hall–Kier alpha value is -5.26. The molecular weight excluding hydrogens is 931 g/mol. The molecule has 3 aromatic heterocycles. The van der Waals surface area contributed by atoms with Gasteiger partial charge >= 0.3 is 35.0 Å². The van der Waals surface area contributed by atoms with Gasteiger partial charge in [-0.1, -0.05) is 135 Å². The average molecular weight is 1020 g/mol. The molecule has 1 aromatic carbocycles. The van der Waals surface area contributed by atoms with Crippen molar-refractivity contribution in [3.05, 3.63) is 123 Å². The van der Waals surface area contributed by atoms with Crippen molar-refractivity contribution in [2.75, 3.05) is 20.3 Å². The summed E-state index contributed by atoms with van der Waals surface area (Å²) in [6.07, 6.45) is 16.9. The summed E-state index contributed by atoms with van der Waals surface area (Å²) in [7, 11) is 1.36. The van der Waals surface area contributed by atoms with E-state index in [9.17, 15) is 14.4 Å². The summed E-state index contributed by atoms with van der Waals surface area (Å²) in [5.74, 6) is 0.738. The van der Waals surface area contributed by atoms with Crippen molar-refractivity contribution in [2.45, 2.75) is 171 Å². The first-order valence-corrected chi connectivity index (χ1v) is 27.3. The van der Waals surface area contributed by atoms with Crippen LogP contribution < -0.4 is 5.32 Å². The van der Waals surface area contributed by atoms with Crippen molar-refractivity contribution in [1.29, 1.82) is 0 Å². The maximum absolute atomic E-state index is 14.6. The predicted molar refractivity (Wildman–Crippen MR) is 307 cm³/mol. The molecule has 10 nitrogen and oxygen atoms in total. The third-order valence-electron chi connectivity index (χ3n) is 15.5. The molecule has 4 unspecified atom stereocenters. The second-order valence-corrected chi connectivity index (χ2v) is 21.6. The van der Waals surface area contributed by atoms with E-state index in [1.54, 1.807) is 0 Å². The van der Waals surface area contributed by atoms with Gasteiger partial charge in [0.1, 0.15) is 6.61 Å². The Kier molecular flexibility index (Phi) is 23.0. The van der Waals surface area contributed by atoms with Gasteiger partial charge in [-0.25, -0.2) is 4.98 Å². The van der Waals surface area contributed by atoms with Crippen molar-refractivity contribution in [1.82, 2.24) is 25.3 Å². The number of nitrogens with zero attached hydrogens (tertiary/aromatic N) is 2. The Bertz CT molecular complexity index is 2820. The van der Waals surface area contributed by atoms with E-state index in [0.29, 0.717) is 59.1 Å². The van der Waals surface area contributed by atoms with Crippen LogP contribution in [0.25, 0.3) is 39.3 Å². The molecule has 74 heavy (non-hydrogen) atoms. The number of methoxy groups -OCH3 is 1. The van der Waals surface area contributed by atoms with Crippen molar-refractivity contribution in [3.8, 4) is 0 Å². The zero-order valence-electron chi connectivity index (χ0n) is 46.8. The van der Waals surface area contributed by atoms with E-state index < -0.39 is 5.97 Å². The number of hydrogen-bond acceptors (Lipinski definition) is 7. The van der Waals surface area contributed by atoms with E-state index in [4.69, 9.17) is 19.4 Å². The van der Waals surface area contributed by atoms with Gasteiger partial charge in [-0.05, 0) is 130 Å². The summed E-state index contributed by atoms with van der Waals surface area (Å²) < 4.78 is 11.2. The monoisotopic (exact) mass is 1020 g/mol. The van der Waals surface area contributed by atoms with Crippen LogP contribution in [-0.4, -0.2) is 81.1 Å². The van der Waals surface area contributed by atoms with Gasteiger partial charge in [0.25, 0.3) is 5.91 Å². The third kappa shape index (κ3) is 15.7. The van der Waals surface area contributed by atoms with Crippen LogP contribution in [0.4, 0.5) is 0 Å². The topological polar surface area (TPSA) is 139 Å². The number of esters is 2. The number of benzene rings is 1. The minimum atomic E-state index is -0.486. The van der Waals surface area contributed by atoms with Crippen LogP contribution in [0.3, 0.4) is 0 Å². The summed E-state index contributed by atoms with van der Waals surface area (Å²) in [5, 5.41) is 3.18. The molecule has 5 heterocycles. The van der Waals surface area contributed by atoms with Gasteiger partial charge in [-0.15, -0.1) is 0 Å². The number of aryl methyl sites for hydroxylation is 3. The smallest absolute Gasteiger partial charge is 0.469 e. The number of hydrogen-bond donors (Lipinski definition) is 3. The normalized spacial score (nSPS) is 15.4. The SMILES string of the molecule is C=Cc1c(C)c2cc3nc(c(CC(=O)OC)c4nc(cc5[nH]c(cc1[nH]2)c(C)c5CC)C(C)=C4C(=O)NCCc1ccccc1)C(CCC(=O)OCC=C(C)CCCC(C)CCCC(C)CCCC(C)C)C3C.[Mg+2]. The van der Waals surface area contributed by atoms with Gasteiger partial charge in [-0.3, -0.25) is 19.4 Å². The minimum absolute atomic E-state index is 0. The fraction of sp³-hybridized carbons (Fsp3) is 0.508. The van der Waals surface area contributed by atoms with E-state index in [1.807, 2.05) is 55.5 Å². The van der Waals surface area contributed by atoms with E-state index in [2.05, 4.69) is 96.3 Å². The van der Waals surface area contributed by atoms with Gasteiger partial charge in [0, 0.05) is 63.7 Å². The van der Waals surface area contributed by atoms with Gasteiger partial charge in [0.2, 0.25) is 0 Å². The second-order valence-electron chi connectivity index (χ2n) is 21.6. The van der Waals surface area contributed by atoms with Gasteiger partial charge < -0.3 is 24.8 Å². The first kappa shape index (κ1) is 59.6. The fourth-order valence-electron chi connectivity index (χ4n) is 10.8. The van der Waals surface area contributed by atoms with E-state index in [0.717, 1.165) is 86.7 Å². The van der Waals surface area contributed by atoms with E-state index >= 15 is 0 Å². The molecule has 4 atom stereocenters. The van der Waals surface area contributed by atoms with Crippen LogP contribution in [-0.2, 0) is 43.1 Å². The number of rotatable bonds is 25. The van der Waals surface area contributed by atoms with Crippen LogP contribution in [0.2, 0.25) is 0 Å². The maximum Gasteiger partial charge on any atom is 2.00 e. The van der Waals surface area contributed by atoms with Crippen molar-refractivity contribution in [2.24, 2.45) is 17.8 Å². The zero-order valence-corrected chi connectivity index (χ0v) is 48.2. The number of ether oxygens (including phenoxy) is 2. The maximum atomic E-state index is 14.6. The molecule has 1 amide bonds. The number of fused-ring (bicyclic) bond motifs is 8. The summed E-state index contributed by atoms with van der Waals surface area (Å²) in [6, 6.07) is 16.3. The molecule has 0 fully saturated rings. The molecule has 8 bridgehead atoms. The number of allylic oxidation sites excluding steroid dienone is 2. The summed E-state index contributed by atoms with van der Waals surface area (Å²) >= 11 is 0. The second kappa shape index (κ2) is 28.6. The number of aromatic amines is 2. The van der Waals surface area contributed by atoms with Crippen molar-refractivity contribution in [3.63, 3.8) is 0 Å². The molecule has 392 valence electrons. The van der Waals surface area contributed by atoms with E-state index in [1.165, 1.54) is 57.6 Å². The van der Waals surface area contributed by atoms with Crippen LogP contribution in [0, 0.1) is 31.6 Å². The Morgan fingerprint density at radius 3 is 2.14 bits per heavy atom. The van der Waals surface area contributed by atoms with Crippen molar-refractivity contribution < 1.29 is 23.9 Å². The standard InChI is InChI=1S/C63H85N5O5.Mg/c1-13-48-43(8)52-36-54-45(10)50(29-30-58(69)73-34-32-42(7)26-20-25-41(6)24-19-23-40(5)22-18-21-39(3)4)61(67-54)51(35-59(70)72-12)62-60(63(71)64-33-31-47-27-16-15-17-28-47)46(11)55(68-62)38-57-49(14-2)44(9)53(66-57)37-56(48)65-52;/h13,15-17,27-28,32,36-41,45,50,65-66H,1,14,18-26,29-31,33-35H2,2-12H3,(H,64,71);/q;+2. The van der Waals surface area contributed by atoms with E-state index in [-0.39, 0.29) is 66.2 Å². The molecule has 0 spiro atoms. The predicted octanol–water partition coefficient (Wildman–Crippen LogP) is 14.4. The Morgan fingerprint density at radius 1 is 0.811 bits per heavy atom. The number of H-pyrrole nitrogens is 2. The number of amides is 1. The van der Waals surface area contributed by atoms with Gasteiger partial charge in [0.15, 0.2) is 0 Å². The van der Waals surface area contributed by atoms with Crippen LogP contribution in [0.1, 0.15) is 194 Å². The molecule has 2 aliphatic rings.